The highest BCUT2D eigenvalue weighted by Crippen LogP contribution is 2.12. The number of furan rings is 1. The molecule has 3 rings (SSSR count). The molecule has 27 heavy (non-hydrogen) atoms. The Morgan fingerprint density at radius 1 is 1.26 bits per heavy atom. The molecule has 0 bridgehead atoms. The van der Waals surface area contributed by atoms with Gasteiger partial charge in [0.1, 0.15) is 24.7 Å². The van der Waals surface area contributed by atoms with Crippen molar-refractivity contribution < 1.29 is 18.3 Å². The summed E-state index contributed by atoms with van der Waals surface area (Å²) >= 11 is 0. The molecule has 3 aromatic rings. The largest absolute Gasteiger partial charge is 0.483 e. The first-order valence-electron chi connectivity index (χ1n) is 8.39. The summed E-state index contributed by atoms with van der Waals surface area (Å²) in [4.78, 5) is 24.3. The second-order valence-corrected chi connectivity index (χ2v) is 6.01. The zero-order valence-electron chi connectivity index (χ0n) is 14.8. The molecule has 2 heterocycles. The number of halogens is 1. The van der Waals surface area contributed by atoms with Crippen LogP contribution in [0.3, 0.4) is 0 Å². The fraction of sp³-hybridized carbons (Fsp3) is 0.200. The lowest BCUT2D eigenvalue weighted by Crippen LogP contribution is -2.28. The van der Waals surface area contributed by atoms with Crippen LogP contribution in [0.5, 0.6) is 5.75 Å². The van der Waals surface area contributed by atoms with E-state index in [0.29, 0.717) is 17.0 Å². The van der Waals surface area contributed by atoms with E-state index in [1.807, 2.05) is 0 Å². The average Bonchev–Trinajstić information content (AvgIpc) is 3.16. The lowest BCUT2D eigenvalue weighted by Gasteiger charge is -2.13. The molecule has 140 valence electrons. The van der Waals surface area contributed by atoms with Gasteiger partial charge in [0, 0.05) is 17.3 Å². The van der Waals surface area contributed by atoms with E-state index in [4.69, 9.17) is 9.15 Å². The van der Waals surface area contributed by atoms with Gasteiger partial charge in [0.05, 0.1) is 19.0 Å². The van der Waals surface area contributed by atoms with Gasteiger partial charge in [-0.05, 0) is 25.1 Å². The molecule has 0 saturated carbocycles. The minimum absolute atomic E-state index is 0.0167. The number of pyridine rings is 1. The Balaban J connectivity index is 1.67. The maximum atomic E-state index is 13.7. The standard InChI is InChI=1S/C20H19FN2O4/c1-14-9-18(24)19(27-13-15-5-2-3-7-17(15)21)11-23(14)12-20(25)22-10-16-6-4-8-26-16/h2-9,11H,10,12-13H2,1H3,(H,22,25). The molecule has 0 radical (unpaired) electrons. The second-order valence-electron chi connectivity index (χ2n) is 6.01. The Hall–Kier alpha value is -3.35. The topological polar surface area (TPSA) is 73.5 Å². The van der Waals surface area contributed by atoms with Gasteiger partial charge in [-0.2, -0.15) is 0 Å². The number of benzene rings is 1. The number of hydrogen-bond acceptors (Lipinski definition) is 4. The van der Waals surface area contributed by atoms with Crippen molar-refractivity contribution >= 4 is 5.91 Å². The predicted octanol–water partition coefficient (Wildman–Crippen LogP) is 2.78. The minimum atomic E-state index is -0.401. The monoisotopic (exact) mass is 370 g/mol. The number of hydrogen-bond donors (Lipinski definition) is 1. The molecular formula is C20H19FN2O4. The van der Waals surface area contributed by atoms with Crippen LogP contribution in [-0.4, -0.2) is 10.5 Å². The summed E-state index contributed by atoms with van der Waals surface area (Å²) in [5.41, 5.74) is 0.641. The van der Waals surface area contributed by atoms with Gasteiger partial charge in [-0.1, -0.05) is 18.2 Å². The summed E-state index contributed by atoms with van der Waals surface area (Å²) in [6.07, 6.45) is 3.00. The molecule has 2 aromatic heterocycles. The van der Waals surface area contributed by atoms with Crippen molar-refractivity contribution in [1.82, 2.24) is 9.88 Å². The highest BCUT2D eigenvalue weighted by molar-refractivity contribution is 5.75. The summed E-state index contributed by atoms with van der Waals surface area (Å²) in [6, 6.07) is 11.1. The lowest BCUT2D eigenvalue weighted by atomic mass is 10.2. The highest BCUT2D eigenvalue weighted by Gasteiger charge is 2.10. The number of aromatic nitrogens is 1. The van der Waals surface area contributed by atoms with Gasteiger partial charge in [-0.3, -0.25) is 9.59 Å². The van der Waals surface area contributed by atoms with Gasteiger partial charge in [0.2, 0.25) is 11.3 Å². The molecule has 0 unspecified atom stereocenters. The third kappa shape index (κ3) is 4.84. The van der Waals surface area contributed by atoms with Crippen molar-refractivity contribution in [3.8, 4) is 5.75 Å². The Morgan fingerprint density at radius 3 is 2.81 bits per heavy atom. The fourth-order valence-electron chi connectivity index (χ4n) is 2.51. The zero-order valence-corrected chi connectivity index (χ0v) is 14.8. The molecule has 7 heteroatoms. The van der Waals surface area contributed by atoms with E-state index in [0.717, 1.165) is 0 Å². The van der Waals surface area contributed by atoms with E-state index >= 15 is 0 Å². The summed E-state index contributed by atoms with van der Waals surface area (Å²) < 4.78 is 25.9. The van der Waals surface area contributed by atoms with Crippen LogP contribution in [0, 0.1) is 12.7 Å². The van der Waals surface area contributed by atoms with Crippen molar-refractivity contribution in [3.05, 3.63) is 88.0 Å². The molecule has 1 aromatic carbocycles. The first kappa shape index (κ1) is 18.4. The summed E-state index contributed by atoms with van der Waals surface area (Å²) in [5, 5.41) is 2.74. The van der Waals surface area contributed by atoms with Crippen LogP contribution in [0.2, 0.25) is 0 Å². The van der Waals surface area contributed by atoms with E-state index in [1.54, 1.807) is 41.8 Å². The smallest absolute Gasteiger partial charge is 0.240 e. The third-order valence-electron chi connectivity index (χ3n) is 4.00. The van der Waals surface area contributed by atoms with Gasteiger partial charge >= 0.3 is 0 Å². The van der Waals surface area contributed by atoms with Gasteiger partial charge in [-0.15, -0.1) is 0 Å². The molecule has 6 nitrogen and oxygen atoms in total. The van der Waals surface area contributed by atoms with Gasteiger partial charge in [0.25, 0.3) is 0 Å². The fourth-order valence-corrected chi connectivity index (χ4v) is 2.51. The van der Waals surface area contributed by atoms with Gasteiger partial charge in [0.15, 0.2) is 5.75 Å². The van der Waals surface area contributed by atoms with Crippen LogP contribution >= 0.6 is 0 Å². The Kier molecular flexibility index (Phi) is 5.71. The molecular weight excluding hydrogens is 351 g/mol. The first-order chi connectivity index (χ1) is 13.0. The molecule has 0 aliphatic rings. The van der Waals surface area contributed by atoms with Crippen molar-refractivity contribution in [2.24, 2.45) is 0 Å². The predicted molar refractivity (Wildman–Crippen MR) is 96.7 cm³/mol. The van der Waals surface area contributed by atoms with E-state index in [1.165, 1.54) is 24.6 Å². The molecule has 0 atom stereocenters. The van der Waals surface area contributed by atoms with Crippen molar-refractivity contribution in [2.75, 3.05) is 0 Å². The first-order valence-corrected chi connectivity index (χ1v) is 8.39. The number of ether oxygens (including phenoxy) is 1. The van der Waals surface area contributed by atoms with Crippen LogP contribution in [0.15, 0.2) is 64.1 Å². The Bertz CT molecular complexity index is 980. The number of nitrogens with one attached hydrogen (secondary N) is 1. The highest BCUT2D eigenvalue weighted by atomic mass is 19.1. The normalized spacial score (nSPS) is 10.6. The van der Waals surface area contributed by atoms with E-state index in [2.05, 4.69) is 5.32 Å². The SMILES string of the molecule is Cc1cc(=O)c(OCc2ccccc2F)cn1CC(=O)NCc1ccco1. The van der Waals surface area contributed by atoms with Crippen molar-refractivity contribution in [1.29, 1.82) is 0 Å². The van der Waals surface area contributed by atoms with E-state index in [-0.39, 0.29) is 36.8 Å². The number of nitrogens with zero attached hydrogens (tertiary/aromatic N) is 1. The Labute approximate surface area is 155 Å². The molecule has 1 amide bonds. The zero-order chi connectivity index (χ0) is 19.2. The summed E-state index contributed by atoms with van der Waals surface area (Å²) in [5.74, 6) is 0.0667. The molecule has 1 N–H and O–H groups in total. The summed E-state index contributed by atoms with van der Waals surface area (Å²) in [6.45, 7) is 1.95. The van der Waals surface area contributed by atoms with Gasteiger partial charge < -0.3 is 19.0 Å². The molecule has 0 fully saturated rings. The van der Waals surface area contributed by atoms with E-state index in [9.17, 15) is 14.0 Å². The number of carbonyl (C=O) groups excluding carboxylic acids is 1. The molecule has 0 spiro atoms. The molecule has 0 aliphatic carbocycles. The van der Waals surface area contributed by atoms with Crippen LogP contribution in [0.4, 0.5) is 4.39 Å². The minimum Gasteiger partial charge on any atom is -0.483 e. The molecule has 0 aliphatic heterocycles. The van der Waals surface area contributed by atoms with Gasteiger partial charge in [-0.25, -0.2) is 4.39 Å². The maximum absolute atomic E-state index is 13.7. The maximum Gasteiger partial charge on any atom is 0.240 e. The summed E-state index contributed by atoms with van der Waals surface area (Å²) in [7, 11) is 0. The van der Waals surface area contributed by atoms with Crippen LogP contribution in [0.25, 0.3) is 0 Å². The second kappa shape index (κ2) is 8.35. The van der Waals surface area contributed by atoms with Crippen molar-refractivity contribution in [3.63, 3.8) is 0 Å². The Morgan fingerprint density at radius 2 is 2.07 bits per heavy atom. The van der Waals surface area contributed by atoms with E-state index < -0.39 is 5.82 Å². The quantitative estimate of drug-likeness (QED) is 0.694. The lowest BCUT2D eigenvalue weighted by molar-refractivity contribution is -0.121. The number of amides is 1. The third-order valence-corrected chi connectivity index (χ3v) is 4.00. The van der Waals surface area contributed by atoms with Crippen LogP contribution in [-0.2, 0) is 24.5 Å². The van der Waals surface area contributed by atoms with Crippen LogP contribution < -0.4 is 15.5 Å². The van der Waals surface area contributed by atoms with Crippen molar-refractivity contribution in [2.45, 2.75) is 26.6 Å². The van der Waals surface area contributed by atoms with Crippen LogP contribution in [0.1, 0.15) is 17.0 Å². The number of rotatable bonds is 7. The molecule has 0 saturated heterocycles. The number of carbonyl (C=O) groups is 1. The number of aryl methyl sites for hydroxylation is 1. The average molecular weight is 370 g/mol.